The lowest BCUT2D eigenvalue weighted by molar-refractivity contribution is -0.137. The number of nitrogens with one attached hydrogen (secondary N) is 1. The minimum Gasteiger partial charge on any atom is -0.337 e. The van der Waals surface area contributed by atoms with Crippen molar-refractivity contribution < 1.29 is 22.8 Å². The maximum absolute atomic E-state index is 12.5. The molecular formula is C14H15F3N2O2. The fraction of sp³-hybridized carbons (Fsp3) is 0.429. The van der Waals surface area contributed by atoms with E-state index >= 15 is 0 Å². The zero-order valence-electron chi connectivity index (χ0n) is 11.4. The number of anilines is 1. The average Bonchev–Trinajstić information content (AvgIpc) is 2.56. The van der Waals surface area contributed by atoms with Gasteiger partial charge in [-0.2, -0.15) is 13.2 Å². The van der Waals surface area contributed by atoms with Crippen LogP contribution in [0.15, 0.2) is 24.3 Å². The third kappa shape index (κ3) is 3.34. The molecule has 1 aromatic rings. The number of benzene rings is 1. The molecule has 21 heavy (non-hydrogen) atoms. The fourth-order valence-corrected chi connectivity index (χ4v) is 2.18. The van der Waals surface area contributed by atoms with Gasteiger partial charge in [-0.25, -0.2) is 9.69 Å². The van der Waals surface area contributed by atoms with Crippen LogP contribution < -0.4 is 10.2 Å². The monoisotopic (exact) mass is 300 g/mol. The largest absolute Gasteiger partial charge is 0.416 e. The number of amides is 3. The number of carbonyl (C=O) groups excluding carboxylic acids is 2. The van der Waals surface area contributed by atoms with Gasteiger partial charge in [-0.05, 0) is 30.2 Å². The smallest absolute Gasteiger partial charge is 0.337 e. The van der Waals surface area contributed by atoms with E-state index in [2.05, 4.69) is 5.32 Å². The molecule has 1 atom stereocenters. The van der Waals surface area contributed by atoms with E-state index in [0.717, 1.165) is 35.6 Å². The van der Waals surface area contributed by atoms with Gasteiger partial charge in [-0.1, -0.05) is 13.3 Å². The lowest BCUT2D eigenvalue weighted by Crippen LogP contribution is -2.41. The van der Waals surface area contributed by atoms with E-state index < -0.39 is 23.7 Å². The van der Waals surface area contributed by atoms with Gasteiger partial charge in [0.25, 0.3) is 0 Å². The van der Waals surface area contributed by atoms with E-state index in [-0.39, 0.29) is 18.0 Å². The van der Waals surface area contributed by atoms with Crippen molar-refractivity contribution in [2.24, 2.45) is 5.92 Å². The number of carbonyl (C=O) groups is 2. The molecule has 0 saturated carbocycles. The first-order valence-corrected chi connectivity index (χ1v) is 6.61. The van der Waals surface area contributed by atoms with Crippen LogP contribution in [0.5, 0.6) is 0 Å². The number of halogens is 3. The lowest BCUT2D eigenvalue weighted by atomic mass is 10.0. The highest BCUT2D eigenvalue weighted by atomic mass is 19.4. The Morgan fingerprint density at radius 2 is 1.86 bits per heavy atom. The van der Waals surface area contributed by atoms with Gasteiger partial charge < -0.3 is 5.32 Å². The van der Waals surface area contributed by atoms with Gasteiger partial charge in [-0.15, -0.1) is 0 Å². The van der Waals surface area contributed by atoms with E-state index in [1.807, 2.05) is 6.92 Å². The Balaban J connectivity index is 2.27. The van der Waals surface area contributed by atoms with E-state index in [1.165, 1.54) is 0 Å². The van der Waals surface area contributed by atoms with Gasteiger partial charge in [0, 0.05) is 13.0 Å². The second kappa shape index (κ2) is 5.75. The lowest BCUT2D eigenvalue weighted by Gasteiger charge is -2.19. The van der Waals surface area contributed by atoms with Gasteiger partial charge in [0.05, 0.1) is 11.3 Å². The van der Waals surface area contributed by atoms with Crippen molar-refractivity contribution >= 4 is 17.6 Å². The number of alkyl halides is 3. The van der Waals surface area contributed by atoms with E-state index in [4.69, 9.17) is 0 Å². The highest BCUT2D eigenvalue weighted by Crippen LogP contribution is 2.31. The summed E-state index contributed by atoms with van der Waals surface area (Å²) in [6, 6.07) is 3.38. The Bertz CT molecular complexity index is 540. The first-order chi connectivity index (χ1) is 9.82. The highest BCUT2D eigenvalue weighted by molar-refractivity contribution is 6.14. The van der Waals surface area contributed by atoms with Crippen LogP contribution in [0.4, 0.5) is 23.7 Å². The molecule has 0 aliphatic carbocycles. The van der Waals surface area contributed by atoms with Crippen LogP contribution in [-0.2, 0) is 11.0 Å². The first-order valence-electron chi connectivity index (χ1n) is 6.61. The van der Waals surface area contributed by atoms with Gasteiger partial charge in [0.15, 0.2) is 0 Å². The Morgan fingerprint density at radius 1 is 1.24 bits per heavy atom. The highest BCUT2D eigenvalue weighted by Gasteiger charge is 2.32. The van der Waals surface area contributed by atoms with Crippen molar-refractivity contribution in [2.75, 3.05) is 11.4 Å². The molecule has 0 aromatic heterocycles. The predicted molar refractivity (Wildman–Crippen MR) is 70.7 cm³/mol. The van der Waals surface area contributed by atoms with Crippen molar-refractivity contribution in [2.45, 2.75) is 25.9 Å². The van der Waals surface area contributed by atoms with Crippen molar-refractivity contribution in [3.63, 3.8) is 0 Å². The van der Waals surface area contributed by atoms with Crippen LogP contribution in [0.3, 0.4) is 0 Å². The number of nitrogens with zero attached hydrogens (tertiary/aromatic N) is 1. The summed E-state index contributed by atoms with van der Waals surface area (Å²) in [5, 5.41) is 2.61. The fourth-order valence-electron chi connectivity index (χ4n) is 2.18. The average molecular weight is 300 g/mol. The second-order valence-electron chi connectivity index (χ2n) is 4.94. The zero-order chi connectivity index (χ0) is 15.6. The minimum absolute atomic E-state index is 0.0425. The maximum atomic E-state index is 12.5. The second-order valence-corrected chi connectivity index (χ2v) is 4.94. The molecule has 0 radical (unpaired) electrons. The molecule has 114 valence electrons. The number of urea groups is 1. The topological polar surface area (TPSA) is 49.4 Å². The molecule has 2 rings (SSSR count). The third-order valence-electron chi connectivity index (χ3n) is 3.49. The number of rotatable bonds is 2. The molecule has 1 unspecified atom stereocenters. The van der Waals surface area contributed by atoms with E-state index in [0.29, 0.717) is 6.54 Å². The molecule has 1 heterocycles. The third-order valence-corrected chi connectivity index (χ3v) is 3.49. The van der Waals surface area contributed by atoms with Gasteiger partial charge in [0.1, 0.15) is 0 Å². The molecule has 1 fully saturated rings. The van der Waals surface area contributed by atoms with Crippen LogP contribution >= 0.6 is 0 Å². The standard InChI is InChI=1S/C14H15F3N2O2/c1-2-9-7-12(20)19(13(21)18-8-9)11-5-3-10(4-6-11)14(15,16)17/h3-6,9H,2,7-8H2,1H3,(H,18,21). The Labute approximate surface area is 119 Å². The summed E-state index contributed by atoms with van der Waals surface area (Å²) in [6.07, 6.45) is -3.51. The molecule has 0 spiro atoms. The maximum Gasteiger partial charge on any atom is 0.416 e. The van der Waals surface area contributed by atoms with Crippen LogP contribution in [0.2, 0.25) is 0 Å². The summed E-state index contributed by atoms with van der Waals surface area (Å²) in [6.45, 7) is 2.30. The minimum atomic E-state index is -4.45. The number of imide groups is 1. The summed E-state index contributed by atoms with van der Waals surface area (Å²) in [4.78, 5) is 25.0. The van der Waals surface area contributed by atoms with Crippen LogP contribution in [0.1, 0.15) is 25.3 Å². The summed E-state index contributed by atoms with van der Waals surface area (Å²) >= 11 is 0. The Hall–Kier alpha value is -2.05. The molecule has 1 aliphatic rings. The van der Waals surface area contributed by atoms with Crippen molar-refractivity contribution in [3.05, 3.63) is 29.8 Å². The summed E-state index contributed by atoms with van der Waals surface area (Å²) in [7, 11) is 0. The molecular weight excluding hydrogens is 285 g/mol. The van der Waals surface area contributed by atoms with Crippen LogP contribution in [-0.4, -0.2) is 18.5 Å². The Morgan fingerprint density at radius 3 is 2.38 bits per heavy atom. The normalized spacial score (nSPS) is 20.2. The number of hydrogen-bond acceptors (Lipinski definition) is 2. The molecule has 1 saturated heterocycles. The van der Waals surface area contributed by atoms with Crippen LogP contribution in [0, 0.1) is 5.92 Å². The first kappa shape index (κ1) is 15.3. The zero-order valence-corrected chi connectivity index (χ0v) is 11.4. The molecule has 4 nitrogen and oxygen atoms in total. The molecule has 7 heteroatoms. The molecule has 1 N–H and O–H groups in total. The van der Waals surface area contributed by atoms with Crippen LogP contribution in [0.25, 0.3) is 0 Å². The molecule has 1 aromatic carbocycles. The van der Waals surface area contributed by atoms with Crippen molar-refractivity contribution in [3.8, 4) is 0 Å². The summed E-state index contributed by atoms with van der Waals surface area (Å²) < 4.78 is 37.6. The molecule has 0 bridgehead atoms. The van der Waals surface area contributed by atoms with Crippen molar-refractivity contribution in [1.82, 2.24) is 5.32 Å². The van der Waals surface area contributed by atoms with Gasteiger partial charge >= 0.3 is 12.2 Å². The van der Waals surface area contributed by atoms with E-state index in [1.54, 1.807) is 0 Å². The van der Waals surface area contributed by atoms with E-state index in [9.17, 15) is 22.8 Å². The predicted octanol–water partition coefficient (Wildman–Crippen LogP) is 3.18. The summed E-state index contributed by atoms with van der Waals surface area (Å²) in [5.74, 6) is -0.363. The van der Waals surface area contributed by atoms with Gasteiger partial charge in [0.2, 0.25) is 5.91 Å². The molecule has 3 amide bonds. The molecule has 1 aliphatic heterocycles. The Kier molecular flexibility index (Phi) is 4.20. The SMILES string of the molecule is CCC1CNC(=O)N(c2ccc(C(F)(F)F)cc2)C(=O)C1. The summed E-state index contributed by atoms with van der Waals surface area (Å²) in [5.41, 5.74) is -0.678. The van der Waals surface area contributed by atoms with Gasteiger partial charge in [-0.3, -0.25) is 4.79 Å². The number of hydrogen-bond donors (Lipinski definition) is 1. The van der Waals surface area contributed by atoms with Crippen molar-refractivity contribution in [1.29, 1.82) is 0 Å². The quantitative estimate of drug-likeness (QED) is 0.912.